The first-order valence-corrected chi connectivity index (χ1v) is 12.3. The van der Waals surface area contributed by atoms with Gasteiger partial charge in [0.2, 0.25) is 5.91 Å². The molecule has 0 spiro atoms. The number of carbonyl (C=O) groups excluding carboxylic acids is 1. The Kier molecular flexibility index (Phi) is 9.74. The van der Waals surface area contributed by atoms with E-state index in [0.717, 1.165) is 11.6 Å². The second-order valence-corrected chi connectivity index (χ2v) is 8.95. The molecule has 2 N–H and O–H groups in total. The first kappa shape index (κ1) is 28.2. The number of pyridine rings is 1. The lowest BCUT2D eigenvalue weighted by molar-refractivity contribution is -0.141. The summed E-state index contributed by atoms with van der Waals surface area (Å²) < 4.78 is 50.0. The topological polar surface area (TPSA) is 72.5 Å². The Morgan fingerprint density at radius 2 is 1.89 bits per heavy atom. The number of hydrogen-bond donors (Lipinski definition) is 2. The highest BCUT2D eigenvalue weighted by Crippen LogP contribution is 2.34. The molecule has 6 nitrogen and oxygen atoms in total. The molecule has 9 heteroatoms. The van der Waals surface area contributed by atoms with Gasteiger partial charge in [-0.25, -0.2) is 0 Å². The minimum absolute atomic E-state index is 0.0789. The van der Waals surface area contributed by atoms with Gasteiger partial charge in [0.05, 0.1) is 19.8 Å². The van der Waals surface area contributed by atoms with Gasteiger partial charge in [-0.05, 0) is 55.0 Å². The van der Waals surface area contributed by atoms with Crippen LogP contribution in [0.1, 0.15) is 43.1 Å². The molecule has 0 radical (unpaired) electrons. The number of aromatic nitrogens is 1. The molecular formula is C28H34F3N3O3. The fourth-order valence-corrected chi connectivity index (χ4v) is 4.46. The number of methoxy groups -OCH3 is 1. The quantitative estimate of drug-likeness (QED) is 0.425. The normalized spacial score (nSPS) is 18.8. The number of nitrogens with one attached hydrogen (secondary N) is 2. The number of alkyl halides is 3. The number of nitrogens with zero attached hydrogens (tertiary/aromatic N) is 1. The van der Waals surface area contributed by atoms with Crippen LogP contribution in [0.15, 0.2) is 60.8 Å². The van der Waals surface area contributed by atoms with Crippen molar-refractivity contribution < 1.29 is 27.4 Å². The van der Waals surface area contributed by atoms with Crippen LogP contribution in [0.2, 0.25) is 0 Å². The molecule has 0 aliphatic heterocycles. The monoisotopic (exact) mass is 517 g/mol. The molecule has 1 heterocycles. The highest BCUT2D eigenvalue weighted by molar-refractivity contribution is 5.82. The molecule has 2 unspecified atom stereocenters. The minimum Gasteiger partial charge on any atom is -0.493 e. The number of amides is 1. The Hall–Kier alpha value is -3.33. The van der Waals surface area contributed by atoms with Crippen molar-refractivity contribution in [3.63, 3.8) is 0 Å². The molecule has 37 heavy (non-hydrogen) atoms. The molecule has 1 aliphatic carbocycles. The molecule has 3 rings (SSSR count). The molecule has 2 aromatic rings. The summed E-state index contributed by atoms with van der Waals surface area (Å²) in [5, 5.41) is 6.30. The Morgan fingerprint density at radius 3 is 2.49 bits per heavy atom. The summed E-state index contributed by atoms with van der Waals surface area (Å²) in [4.78, 5) is 16.6. The van der Waals surface area contributed by atoms with Gasteiger partial charge in [-0.1, -0.05) is 43.4 Å². The summed E-state index contributed by atoms with van der Waals surface area (Å²) in [5.41, 5.74) is 0.623. The van der Waals surface area contributed by atoms with E-state index >= 15 is 0 Å². The lowest BCUT2D eigenvalue weighted by Gasteiger charge is -2.33. The average molecular weight is 518 g/mol. The zero-order valence-electron chi connectivity index (χ0n) is 21.5. The van der Waals surface area contributed by atoms with Crippen LogP contribution in [-0.2, 0) is 17.4 Å². The van der Waals surface area contributed by atoms with Gasteiger partial charge in [-0.15, -0.1) is 0 Å². The Bertz CT molecular complexity index is 1100. The van der Waals surface area contributed by atoms with Crippen LogP contribution in [0, 0.1) is 11.8 Å². The second-order valence-electron chi connectivity index (χ2n) is 8.95. The molecule has 1 aliphatic rings. The second kappa shape index (κ2) is 12.8. The SMILES string of the molecule is CCOc1cc([C@H](CCc2ccc(C(F)(F)F)nc2)N[C@@H](C(=O)NC)C2C=CC=CC2C)ccc1OC. The lowest BCUT2D eigenvalue weighted by atomic mass is 9.82. The van der Waals surface area contributed by atoms with E-state index in [4.69, 9.17) is 9.47 Å². The van der Waals surface area contributed by atoms with Crippen molar-refractivity contribution >= 4 is 5.91 Å². The summed E-state index contributed by atoms with van der Waals surface area (Å²) in [6.45, 7) is 4.39. The molecule has 0 saturated heterocycles. The van der Waals surface area contributed by atoms with Crippen molar-refractivity contribution in [1.29, 1.82) is 0 Å². The number of rotatable bonds is 11. The maximum absolute atomic E-state index is 13.0. The van der Waals surface area contributed by atoms with Crippen LogP contribution in [0.5, 0.6) is 11.5 Å². The predicted octanol–water partition coefficient (Wildman–Crippen LogP) is 5.26. The molecule has 1 aromatic carbocycles. The van der Waals surface area contributed by atoms with Crippen molar-refractivity contribution in [3.05, 3.63) is 77.7 Å². The zero-order valence-corrected chi connectivity index (χ0v) is 21.5. The third-order valence-electron chi connectivity index (χ3n) is 6.49. The highest BCUT2D eigenvalue weighted by atomic mass is 19.4. The van der Waals surface area contributed by atoms with E-state index in [9.17, 15) is 18.0 Å². The van der Waals surface area contributed by atoms with Crippen LogP contribution in [0.4, 0.5) is 13.2 Å². The smallest absolute Gasteiger partial charge is 0.433 e. The fourth-order valence-electron chi connectivity index (χ4n) is 4.46. The van der Waals surface area contributed by atoms with Crippen LogP contribution in [0.3, 0.4) is 0 Å². The van der Waals surface area contributed by atoms with Crippen LogP contribution >= 0.6 is 0 Å². The molecule has 0 saturated carbocycles. The number of ether oxygens (including phenoxy) is 2. The maximum Gasteiger partial charge on any atom is 0.433 e. The number of likely N-dealkylation sites (N-methyl/N-ethyl adjacent to an activating group) is 1. The van der Waals surface area contributed by atoms with Crippen molar-refractivity contribution in [3.8, 4) is 11.5 Å². The molecular weight excluding hydrogens is 483 g/mol. The van der Waals surface area contributed by atoms with Gasteiger partial charge >= 0.3 is 6.18 Å². The van der Waals surface area contributed by atoms with Crippen LogP contribution < -0.4 is 20.1 Å². The number of halogens is 3. The van der Waals surface area contributed by atoms with E-state index in [0.29, 0.717) is 36.5 Å². The summed E-state index contributed by atoms with van der Waals surface area (Å²) in [6.07, 6.45) is 5.72. The predicted molar refractivity (Wildman–Crippen MR) is 136 cm³/mol. The van der Waals surface area contributed by atoms with Crippen molar-refractivity contribution in [1.82, 2.24) is 15.6 Å². The first-order chi connectivity index (χ1) is 17.7. The first-order valence-electron chi connectivity index (χ1n) is 12.3. The summed E-state index contributed by atoms with van der Waals surface area (Å²) >= 11 is 0. The third kappa shape index (κ3) is 7.35. The van der Waals surface area contributed by atoms with E-state index in [-0.39, 0.29) is 23.8 Å². The summed E-state index contributed by atoms with van der Waals surface area (Å²) in [5.74, 6) is 1.08. The standard InChI is InChI=1S/C28H34F3N3O3/c1-5-37-24-16-20(12-14-23(24)36-4)22(13-10-19-11-15-25(33-17-19)28(29,30)31)34-26(27(35)32-3)21-9-7-6-8-18(21)2/h6-9,11-12,14-18,21-22,26,34H,5,10,13H2,1-4H3,(H,32,35)/t18?,21?,22-,26+/m0/s1. The van der Waals surface area contributed by atoms with Crippen molar-refractivity contribution in [2.45, 2.75) is 44.9 Å². The minimum atomic E-state index is -4.49. The van der Waals surface area contributed by atoms with E-state index in [1.165, 1.54) is 12.3 Å². The average Bonchev–Trinajstić information content (AvgIpc) is 2.89. The molecule has 4 atom stereocenters. The van der Waals surface area contributed by atoms with Gasteiger partial charge in [0, 0.05) is 25.2 Å². The Labute approximate surface area is 216 Å². The van der Waals surface area contributed by atoms with Crippen molar-refractivity contribution in [2.75, 3.05) is 20.8 Å². The largest absolute Gasteiger partial charge is 0.493 e. The van der Waals surface area contributed by atoms with E-state index in [1.807, 2.05) is 43.4 Å². The zero-order chi connectivity index (χ0) is 27.0. The molecule has 0 bridgehead atoms. The van der Waals surface area contributed by atoms with E-state index in [1.54, 1.807) is 14.2 Å². The van der Waals surface area contributed by atoms with E-state index < -0.39 is 17.9 Å². The fraction of sp³-hybridized carbons (Fsp3) is 0.429. The number of aryl methyl sites for hydroxylation is 1. The number of hydrogen-bond acceptors (Lipinski definition) is 5. The van der Waals surface area contributed by atoms with Gasteiger partial charge in [-0.3, -0.25) is 15.1 Å². The molecule has 1 aromatic heterocycles. The maximum atomic E-state index is 13.0. The lowest BCUT2D eigenvalue weighted by Crippen LogP contribution is -2.50. The molecule has 0 fully saturated rings. The van der Waals surface area contributed by atoms with Gasteiger partial charge in [0.25, 0.3) is 0 Å². The van der Waals surface area contributed by atoms with Gasteiger partial charge in [0.15, 0.2) is 11.5 Å². The number of carbonyl (C=O) groups is 1. The van der Waals surface area contributed by atoms with Crippen molar-refractivity contribution in [2.24, 2.45) is 11.8 Å². The summed E-state index contributed by atoms with van der Waals surface area (Å²) in [7, 11) is 3.17. The highest BCUT2D eigenvalue weighted by Gasteiger charge is 2.33. The van der Waals surface area contributed by atoms with Gasteiger partial charge < -0.3 is 14.8 Å². The Balaban J connectivity index is 1.92. The van der Waals surface area contributed by atoms with E-state index in [2.05, 4.69) is 28.6 Å². The van der Waals surface area contributed by atoms with Gasteiger partial charge in [0.1, 0.15) is 5.69 Å². The summed E-state index contributed by atoms with van der Waals surface area (Å²) in [6, 6.07) is 7.20. The Morgan fingerprint density at radius 1 is 1.14 bits per heavy atom. The number of benzene rings is 1. The number of allylic oxidation sites excluding steroid dienone is 3. The molecule has 1 amide bonds. The van der Waals surface area contributed by atoms with Gasteiger partial charge in [-0.2, -0.15) is 13.2 Å². The third-order valence-corrected chi connectivity index (χ3v) is 6.49. The van der Waals surface area contributed by atoms with Crippen LogP contribution in [0.25, 0.3) is 0 Å². The van der Waals surface area contributed by atoms with Crippen LogP contribution in [-0.4, -0.2) is 37.7 Å². The molecule has 200 valence electrons.